The van der Waals surface area contributed by atoms with Gasteiger partial charge in [-0.3, -0.25) is 9.59 Å². The van der Waals surface area contributed by atoms with Crippen LogP contribution in [0, 0.1) is 16.7 Å². The van der Waals surface area contributed by atoms with E-state index in [1.165, 1.54) is 4.90 Å². The van der Waals surface area contributed by atoms with Gasteiger partial charge < -0.3 is 10.2 Å². The van der Waals surface area contributed by atoms with E-state index < -0.39 is 5.41 Å². The number of carbonyl (C=O) groups excluding carboxylic acids is 2. The van der Waals surface area contributed by atoms with Gasteiger partial charge in [0, 0.05) is 13.1 Å². The molecule has 0 radical (unpaired) electrons. The van der Waals surface area contributed by atoms with E-state index in [9.17, 15) is 9.59 Å². The zero-order chi connectivity index (χ0) is 10.9. The fourth-order valence-electron chi connectivity index (χ4n) is 2.02. The molecule has 2 amide bonds. The molecule has 5 heteroatoms. The lowest BCUT2D eigenvalue weighted by atomic mass is 9.69. The van der Waals surface area contributed by atoms with Crippen molar-refractivity contribution in [3.05, 3.63) is 0 Å². The maximum absolute atomic E-state index is 12.0. The molecule has 0 aromatic rings. The van der Waals surface area contributed by atoms with Crippen molar-refractivity contribution in [3.8, 4) is 6.07 Å². The van der Waals surface area contributed by atoms with E-state index in [2.05, 4.69) is 11.4 Å². The number of nitriles is 1. The summed E-state index contributed by atoms with van der Waals surface area (Å²) >= 11 is 0. The standard InChI is InChI=1S/C10H13N3O2/c11-7-10(2-1-3-10)9(15)13-5-4-12-8(14)6-13/h1-6H2,(H,12,14). The lowest BCUT2D eigenvalue weighted by Gasteiger charge is -2.39. The van der Waals surface area contributed by atoms with Crippen molar-refractivity contribution in [1.29, 1.82) is 5.26 Å². The van der Waals surface area contributed by atoms with Gasteiger partial charge in [0.15, 0.2) is 0 Å². The average molecular weight is 207 g/mol. The molecular formula is C10H13N3O2. The smallest absolute Gasteiger partial charge is 0.243 e. The summed E-state index contributed by atoms with van der Waals surface area (Å²) in [6, 6.07) is 2.10. The van der Waals surface area contributed by atoms with Gasteiger partial charge >= 0.3 is 0 Å². The van der Waals surface area contributed by atoms with Crippen molar-refractivity contribution in [1.82, 2.24) is 10.2 Å². The third-order valence-corrected chi connectivity index (χ3v) is 3.16. The number of rotatable bonds is 1. The topological polar surface area (TPSA) is 73.2 Å². The number of piperazine rings is 1. The number of nitrogens with zero attached hydrogens (tertiary/aromatic N) is 2. The average Bonchev–Trinajstić information content (AvgIpc) is 2.17. The molecule has 80 valence electrons. The highest BCUT2D eigenvalue weighted by Crippen LogP contribution is 2.41. The lowest BCUT2D eigenvalue weighted by molar-refractivity contribution is -0.147. The molecule has 0 bridgehead atoms. The minimum atomic E-state index is -0.822. The van der Waals surface area contributed by atoms with Crippen LogP contribution < -0.4 is 5.32 Å². The molecule has 0 aromatic carbocycles. The second-order valence-electron chi connectivity index (χ2n) is 4.12. The Morgan fingerprint density at radius 1 is 1.53 bits per heavy atom. The van der Waals surface area contributed by atoms with Crippen molar-refractivity contribution in [2.24, 2.45) is 5.41 Å². The minimum Gasteiger partial charge on any atom is -0.353 e. The second-order valence-corrected chi connectivity index (χ2v) is 4.12. The van der Waals surface area contributed by atoms with Gasteiger partial charge in [-0.15, -0.1) is 0 Å². The summed E-state index contributed by atoms with van der Waals surface area (Å²) in [5.74, 6) is -0.298. The van der Waals surface area contributed by atoms with E-state index >= 15 is 0 Å². The van der Waals surface area contributed by atoms with Crippen LogP contribution in [0.2, 0.25) is 0 Å². The molecule has 1 saturated carbocycles. The summed E-state index contributed by atoms with van der Waals surface area (Å²) in [7, 11) is 0. The van der Waals surface area contributed by atoms with Gasteiger partial charge in [-0.1, -0.05) is 0 Å². The third kappa shape index (κ3) is 1.56. The molecule has 15 heavy (non-hydrogen) atoms. The van der Waals surface area contributed by atoms with E-state index in [4.69, 9.17) is 5.26 Å². The fourth-order valence-corrected chi connectivity index (χ4v) is 2.02. The van der Waals surface area contributed by atoms with E-state index in [0.717, 1.165) is 6.42 Å². The zero-order valence-electron chi connectivity index (χ0n) is 8.45. The summed E-state index contributed by atoms with van der Waals surface area (Å²) in [4.78, 5) is 24.6. The number of carbonyl (C=O) groups is 2. The third-order valence-electron chi connectivity index (χ3n) is 3.16. The van der Waals surface area contributed by atoms with Gasteiger partial charge in [-0.2, -0.15) is 5.26 Å². The van der Waals surface area contributed by atoms with E-state index in [1.54, 1.807) is 0 Å². The Labute approximate surface area is 88.0 Å². The van der Waals surface area contributed by atoms with Crippen LogP contribution in [0.15, 0.2) is 0 Å². The summed E-state index contributed by atoms with van der Waals surface area (Å²) < 4.78 is 0. The van der Waals surface area contributed by atoms with Crippen LogP contribution in [0.3, 0.4) is 0 Å². The molecule has 1 saturated heterocycles. The fraction of sp³-hybridized carbons (Fsp3) is 0.700. The molecule has 0 unspecified atom stereocenters. The highest BCUT2D eigenvalue weighted by Gasteiger charge is 2.47. The number of hydrogen-bond donors (Lipinski definition) is 1. The van der Waals surface area contributed by atoms with Crippen LogP contribution in [0.1, 0.15) is 19.3 Å². The monoisotopic (exact) mass is 207 g/mol. The van der Waals surface area contributed by atoms with Gasteiger partial charge in [-0.25, -0.2) is 0 Å². The Kier molecular flexibility index (Phi) is 2.35. The van der Waals surface area contributed by atoms with Crippen LogP contribution in [-0.2, 0) is 9.59 Å². The van der Waals surface area contributed by atoms with E-state index in [1.807, 2.05) is 0 Å². The SMILES string of the molecule is N#CC1(C(=O)N2CCNC(=O)C2)CCC1. The lowest BCUT2D eigenvalue weighted by Crippen LogP contribution is -2.55. The van der Waals surface area contributed by atoms with Crippen molar-refractivity contribution in [2.45, 2.75) is 19.3 Å². The molecule has 1 aliphatic heterocycles. The number of hydrogen-bond acceptors (Lipinski definition) is 3. The Balaban J connectivity index is 2.07. The van der Waals surface area contributed by atoms with Gasteiger partial charge in [0.25, 0.3) is 0 Å². The molecule has 1 N–H and O–H groups in total. The summed E-state index contributed by atoms with van der Waals surface area (Å²) in [5.41, 5.74) is -0.822. The van der Waals surface area contributed by atoms with Crippen LogP contribution in [-0.4, -0.2) is 36.3 Å². The quantitative estimate of drug-likeness (QED) is 0.638. The minimum absolute atomic E-state index is 0.0995. The van der Waals surface area contributed by atoms with Crippen molar-refractivity contribution in [2.75, 3.05) is 19.6 Å². The molecule has 2 fully saturated rings. The van der Waals surface area contributed by atoms with Crippen LogP contribution in [0.5, 0.6) is 0 Å². The molecule has 0 aromatic heterocycles. The first-order chi connectivity index (χ1) is 7.18. The predicted molar refractivity (Wildman–Crippen MR) is 51.5 cm³/mol. The van der Waals surface area contributed by atoms with Crippen LogP contribution in [0.4, 0.5) is 0 Å². The maximum Gasteiger partial charge on any atom is 0.243 e. The summed E-state index contributed by atoms with van der Waals surface area (Å²) in [6.45, 7) is 1.11. The van der Waals surface area contributed by atoms with Crippen molar-refractivity contribution < 1.29 is 9.59 Å². The maximum atomic E-state index is 12.0. The molecule has 2 rings (SSSR count). The first kappa shape index (κ1) is 9.97. The second kappa shape index (κ2) is 3.54. The number of amides is 2. The molecule has 2 aliphatic rings. The first-order valence-corrected chi connectivity index (χ1v) is 5.15. The van der Waals surface area contributed by atoms with Gasteiger partial charge in [-0.05, 0) is 19.3 Å². The Morgan fingerprint density at radius 3 is 2.73 bits per heavy atom. The van der Waals surface area contributed by atoms with Gasteiger partial charge in [0.05, 0.1) is 12.6 Å². The van der Waals surface area contributed by atoms with Crippen LogP contribution >= 0.6 is 0 Å². The summed E-state index contributed by atoms with van der Waals surface area (Å²) in [5, 5.41) is 11.7. The van der Waals surface area contributed by atoms with Crippen LogP contribution in [0.25, 0.3) is 0 Å². The molecule has 1 aliphatic carbocycles. The van der Waals surface area contributed by atoms with Crippen molar-refractivity contribution >= 4 is 11.8 Å². The Bertz CT molecular complexity index is 341. The predicted octanol–water partition coefficient (Wildman–Crippen LogP) is -0.361. The molecule has 0 spiro atoms. The first-order valence-electron chi connectivity index (χ1n) is 5.15. The Morgan fingerprint density at radius 2 is 2.27 bits per heavy atom. The van der Waals surface area contributed by atoms with Gasteiger partial charge in [0.2, 0.25) is 11.8 Å². The van der Waals surface area contributed by atoms with E-state index in [-0.39, 0.29) is 18.4 Å². The normalized spacial score (nSPS) is 23.7. The number of nitrogens with one attached hydrogen (secondary N) is 1. The molecule has 1 heterocycles. The largest absolute Gasteiger partial charge is 0.353 e. The highest BCUT2D eigenvalue weighted by molar-refractivity contribution is 5.91. The van der Waals surface area contributed by atoms with Crippen molar-refractivity contribution in [3.63, 3.8) is 0 Å². The summed E-state index contributed by atoms with van der Waals surface area (Å²) in [6.07, 6.45) is 2.21. The zero-order valence-corrected chi connectivity index (χ0v) is 8.45. The highest BCUT2D eigenvalue weighted by atomic mass is 16.2. The Hall–Kier alpha value is -1.57. The molecular weight excluding hydrogens is 194 g/mol. The van der Waals surface area contributed by atoms with Gasteiger partial charge in [0.1, 0.15) is 5.41 Å². The molecule has 5 nitrogen and oxygen atoms in total. The van der Waals surface area contributed by atoms with E-state index in [0.29, 0.717) is 25.9 Å². The molecule has 0 atom stereocenters.